The van der Waals surface area contributed by atoms with Crippen LogP contribution in [0.2, 0.25) is 0 Å². The Morgan fingerprint density at radius 3 is 2.57 bits per heavy atom. The Morgan fingerprint density at radius 1 is 1.57 bits per heavy atom. The molecule has 1 rings (SSSR count). The molecule has 0 spiro atoms. The highest BCUT2D eigenvalue weighted by atomic mass is 16.5. The molecule has 0 aromatic heterocycles. The molecule has 2 N–H and O–H groups in total. The molecule has 0 amide bonds. The van der Waals surface area contributed by atoms with Gasteiger partial charge in [-0.15, -0.1) is 0 Å². The van der Waals surface area contributed by atoms with E-state index in [1.54, 1.807) is 6.92 Å². The highest BCUT2D eigenvalue weighted by molar-refractivity contribution is 5.78. The monoisotopic (exact) mass is 201 g/mol. The summed E-state index contributed by atoms with van der Waals surface area (Å²) in [4.78, 5) is 11.1. The summed E-state index contributed by atoms with van der Waals surface area (Å²) in [5, 5.41) is 12.2. The molecule has 1 aliphatic rings. The Hall–Kier alpha value is -0.610. The van der Waals surface area contributed by atoms with Gasteiger partial charge in [0.2, 0.25) is 0 Å². The van der Waals surface area contributed by atoms with Crippen LogP contribution >= 0.6 is 0 Å². The molecule has 0 radical (unpaired) electrons. The number of hydrogen-bond donors (Lipinski definition) is 2. The summed E-state index contributed by atoms with van der Waals surface area (Å²) < 4.78 is 4.94. The number of ether oxygens (including phenoxy) is 1. The van der Waals surface area contributed by atoms with Gasteiger partial charge >= 0.3 is 5.97 Å². The third kappa shape index (κ3) is 2.69. The average molecular weight is 201 g/mol. The number of hydrogen-bond acceptors (Lipinski definition) is 3. The zero-order valence-corrected chi connectivity index (χ0v) is 8.88. The van der Waals surface area contributed by atoms with Crippen molar-refractivity contribution in [2.45, 2.75) is 44.2 Å². The zero-order valence-electron chi connectivity index (χ0n) is 8.88. The van der Waals surface area contributed by atoms with Crippen LogP contribution in [0.15, 0.2) is 0 Å². The maximum atomic E-state index is 11.1. The molecule has 0 saturated heterocycles. The lowest BCUT2D eigenvalue weighted by atomic mass is 10.0. The molecule has 1 fully saturated rings. The van der Waals surface area contributed by atoms with Crippen LogP contribution in [-0.2, 0) is 9.53 Å². The third-order valence-corrected chi connectivity index (χ3v) is 2.78. The minimum absolute atomic E-state index is 0.207. The van der Waals surface area contributed by atoms with Crippen molar-refractivity contribution in [2.24, 2.45) is 0 Å². The molecule has 0 aromatic carbocycles. The summed E-state index contributed by atoms with van der Waals surface area (Å²) in [6, 6.07) is 0.339. The maximum Gasteiger partial charge on any atom is 0.326 e. The molecule has 1 saturated carbocycles. The molecule has 0 aliphatic heterocycles. The second kappa shape index (κ2) is 4.75. The Kier molecular flexibility index (Phi) is 3.89. The van der Waals surface area contributed by atoms with Gasteiger partial charge in [-0.05, 0) is 19.8 Å². The zero-order chi connectivity index (χ0) is 10.6. The number of nitrogens with one attached hydrogen (secondary N) is 1. The third-order valence-electron chi connectivity index (χ3n) is 2.78. The molecule has 0 aromatic rings. The lowest BCUT2D eigenvalue weighted by Crippen LogP contribution is -2.56. The molecule has 0 bridgehead atoms. The van der Waals surface area contributed by atoms with E-state index in [9.17, 15) is 4.79 Å². The van der Waals surface area contributed by atoms with E-state index in [2.05, 4.69) is 5.32 Å². The van der Waals surface area contributed by atoms with E-state index in [0.29, 0.717) is 6.04 Å². The van der Waals surface area contributed by atoms with Crippen LogP contribution in [0.3, 0.4) is 0 Å². The van der Waals surface area contributed by atoms with Gasteiger partial charge in [0, 0.05) is 13.2 Å². The van der Waals surface area contributed by atoms with Crippen molar-refractivity contribution in [1.29, 1.82) is 0 Å². The van der Waals surface area contributed by atoms with Crippen molar-refractivity contribution in [3.63, 3.8) is 0 Å². The first kappa shape index (κ1) is 11.5. The summed E-state index contributed by atoms with van der Waals surface area (Å²) in [5.41, 5.74) is -0.941. The Labute approximate surface area is 84.6 Å². The number of carbonyl (C=O) groups is 1. The molecule has 14 heavy (non-hydrogen) atoms. The Bertz CT molecular complexity index is 202. The lowest BCUT2D eigenvalue weighted by molar-refractivity contribution is -0.146. The van der Waals surface area contributed by atoms with E-state index in [1.165, 1.54) is 20.0 Å². The molecular weight excluding hydrogens is 182 g/mol. The quantitative estimate of drug-likeness (QED) is 0.697. The number of aliphatic carboxylic acids is 1. The fraction of sp³-hybridized carbons (Fsp3) is 0.900. The predicted molar refractivity (Wildman–Crippen MR) is 53.3 cm³/mol. The number of rotatable bonds is 5. The molecule has 4 heteroatoms. The fourth-order valence-electron chi connectivity index (χ4n) is 1.97. The Balaban J connectivity index is 2.53. The standard InChI is InChI=1S/C10H19NO3/c1-10(7-14-2,9(12)13)11-8-5-3-4-6-8/h8,11H,3-7H2,1-2H3,(H,12,13). The molecule has 82 valence electrons. The minimum Gasteiger partial charge on any atom is -0.480 e. The van der Waals surface area contributed by atoms with Crippen LogP contribution in [0.1, 0.15) is 32.6 Å². The SMILES string of the molecule is COCC(C)(NC1CCCC1)C(=O)O. The van der Waals surface area contributed by atoms with Crippen molar-refractivity contribution in [1.82, 2.24) is 5.32 Å². The van der Waals surface area contributed by atoms with Gasteiger partial charge in [-0.2, -0.15) is 0 Å². The van der Waals surface area contributed by atoms with Gasteiger partial charge in [-0.3, -0.25) is 10.1 Å². The van der Waals surface area contributed by atoms with Crippen LogP contribution < -0.4 is 5.32 Å². The largest absolute Gasteiger partial charge is 0.480 e. The first-order valence-corrected chi connectivity index (χ1v) is 5.08. The molecule has 4 nitrogen and oxygen atoms in total. The predicted octanol–water partition coefficient (Wildman–Crippen LogP) is 1.01. The molecule has 1 aliphatic carbocycles. The molecular formula is C10H19NO3. The first-order chi connectivity index (χ1) is 6.58. The van der Waals surface area contributed by atoms with Crippen molar-refractivity contribution in [3.8, 4) is 0 Å². The first-order valence-electron chi connectivity index (χ1n) is 5.08. The highest BCUT2D eigenvalue weighted by Gasteiger charge is 2.35. The molecule has 1 unspecified atom stereocenters. The fourth-order valence-corrected chi connectivity index (χ4v) is 1.97. The molecule has 0 heterocycles. The van der Waals surface area contributed by atoms with Crippen LogP contribution in [0, 0.1) is 0 Å². The van der Waals surface area contributed by atoms with E-state index in [-0.39, 0.29) is 6.61 Å². The topological polar surface area (TPSA) is 58.6 Å². The number of methoxy groups -OCH3 is 1. The summed E-state index contributed by atoms with van der Waals surface area (Å²) in [5.74, 6) is -0.841. The van der Waals surface area contributed by atoms with E-state index < -0.39 is 11.5 Å². The smallest absolute Gasteiger partial charge is 0.326 e. The van der Waals surface area contributed by atoms with Crippen LogP contribution in [0.4, 0.5) is 0 Å². The van der Waals surface area contributed by atoms with Gasteiger partial charge < -0.3 is 9.84 Å². The highest BCUT2D eigenvalue weighted by Crippen LogP contribution is 2.20. The van der Waals surface area contributed by atoms with Crippen molar-refractivity contribution in [2.75, 3.05) is 13.7 Å². The Morgan fingerprint density at radius 2 is 2.14 bits per heavy atom. The normalized spacial score (nSPS) is 22.1. The van der Waals surface area contributed by atoms with Crippen LogP contribution in [0.5, 0.6) is 0 Å². The average Bonchev–Trinajstić information content (AvgIpc) is 2.56. The lowest BCUT2D eigenvalue weighted by Gasteiger charge is -2.29. The van der Waals surface area contributed by atoms with Crippen LogP contribution in [-0.4, -0.2) is 36.4 Å². The van der Waals surface area contributed by atoms with Gasteiger partial charge in [-0.25, -0.2) is 0 Å². The second-order valence-corrected chi connectivity index (χ2v) is 4.20. The van der Waals surface area contributed by atoms with Crippen molar-refractivity contribution in [3.05, 3.63) is 0 Å². The summed E-state index contributed by atoms with van der Waals surface area (Å²) in [6.07, 6.45) is 4.54. The summed E-state index contributed by atoms with van der Waals surface area (Å²) >= 11 is 0. The van der Waals surface area contributed by atoms with Gasteiger partial charge in [0.15, 0.2) is 0 Å². The van der Waals surface area contributed by atoms with Gasteiger partial charge in [0.25, 0.3) is 0 Å². The van der Waals surface area contributed by atoms with E-state index >= 15 is 0 Å². The van der Waals surface area contributed by atoms with Gasteiger partial charge in [-0.1, -0.05) is 12.8 Å². The van der Waals surface area contributed by atoms with Gasteiger partial charge in [0.05, 0.1) is 6.61 Å². The van der Waals surface area contributed by atoms with Gasteiger partial charge in [0.1, 0.15) is 5.54 Å². The summed E-state index contributed by atoms with van der Waals surface area (Å²) in [7, 11) is 1.53. The van der Waals surface area contributed by atoms with E-state index in [0.717, 1.165) is 12.8 Å². The molecule has 1 atom stereocenters. The summed E-state index contributed by atoms with van der Waals surface area (Å²) in [6.45, 7) is 1.88. The number of carboxylic acid groups (broad SMARTS) is 1. The second-order valence-electron chi connectivity index (χ2n) is 4.20. The van der Waals surface area contributed by atoms with E-state index in [1.807, 2.05) is 0 Å². The number of carboxylic acids is 1. The van der Waals surface area contributed by atoms with Crippen molar-refractivity contribution >= 4 is 5.97 Å². The van der Waals surface area contributed by atoms with Crippen LogP contribution in [0.25, 0.3) is 0 Å². The minimum atomic E-state index is -0.941. The maximum absolute atomic E-state index is 11.1. The van der Waals surface area contributed by atoms with E-state index in [4.69, 9.17) is 9.84 Å². The van der Waals surface area contributed by atoms with Crippen molar-refractivity contribution < 1.29 is 14.6 Å².